The smallest absolute Gasteiger partial charge is 0.339 e. The zero-order valence-corrected chi connectivity index (χ0v) is 12.7. The molecule has 4 nitrogen and oxygen atoms in total. The van der Waals surface area contributed by atoms with Gasteiger partial charge in [0.2, 0.25) is 0 Å². The van der Waals surface area contributed by atoms with Gasteiger partial charge in [-0.1, -0.05) is 30.1 Å². The van der Waals surface area contributed by atoms with E-state index in [2.05, 4.69) is 0 Å². The molecule has 2 aromatic carbocycles. The predicted octanol–water partition coefficient (Wildman–Crippen LogP) is 4.63. The molecule has 0 radical (unpaired) electrons. The molecule has 2 aromatic rings. The van der Waals surface area contributed by atoms with Gasteiger partial charge in [-0.3, -0.25) is 0 Å². The molecule has 0 saturated heterocycles. The summed E-state index contributed by atoms with van der Waals surface area (Å²) in [6, 6.07) is 7.85. The van der Waals surface area contributed by atoms with Crippen molar-refractivity contribution < 1.29 is 14.6 Å². The van der Waals surface area contributed by atoms with E-state index < -0.39 is 5.97 Å². The normalized spacial score (nSPS) is 10.4. The molecule has 0 heterocycles. The van der Waals surface area contributed by atoms with E-state index in [0.717, 1.165) is 12.0 Å². The summed E-state index contributed by atoms with van der Waals surface area (Å²) in [5.41, 5.74) is 6.67. The summed E-state index contributed by atoms with van der Waals surface area (Å²) in [4.78, 5) is 11.3. The van der Waals surface area contributed by atoms with Gasteiger partial charge in [0.15, 0.2) is 5.75 Å². The third kappa shape index (κ3) is 3.40. The Kier molecular flexibility index (Phi) is 4.60. The van der Waals surface area contributed by atoms with Crippen LogP contribution in [0.1, 0.15) is 22.8 Å². The number of ether oxygens (including phenoxy) is 1. The maximum atomic E-state index is 11.3. The Bertz CT molecular complexity index is 702. The van der Waals surface area contributed by atoms with Gasteiger partial charge >= 0.3 is 5.97 Å². The van der Waals surface area contributed by atoms with Crippen molar-refractivity contribution in [2.75, 3.05) is 5.73 Å². The highest BCUT2D eigenvalue weighted by molar-refractivity contribution is 6.33. The summed E-state index contributed by atoms with van der Waals surface area (Å²) in [7, 11) is 0. The van der Waals surface area contributed by atoms with Crippen molar-refractivity contribution >= 4 is 34.9 Å². The number of rotatable bonds is 4. The molecular formula is C15H13Cl2NO3. The molecule has 0 fully saturated rings. The quantitative estimate of drug-likeness (QED) is 0.804. The molecule has 0 amide bonds. The molecule has 0 unspecified atom stereocenters. The van der Waals surface area contributed by atoms with Crippen molar-refractivity contribution in [3.63, 3.8) is 0 Å². The van der Waals surface area contributed by atoms with Crippen LogP contribution in [0.25, 0.3) is 0 Å². The van der Waals surface area contributed by atoms with E-state index in [9.17, 15) is 9.90 Å². The summed E-state index contributed by atoms with van der Waals surface area (Å²) in [6.45, 7) is 1.96. The van der Waals surface area contributed by atoms with Crippen LogP contribution in [-0.2, 0) is 6.42 Å². The molecule has 0 atom stereocenters. The molecule has 6 heteroatoms. The molecule has 0 aliphatic rings. The van der Waals surface area contributed by atoms with E-state index >= 15 is 0 Å². The number of benzene rings is 2. The van der Waals surface area contributed by atoms with Gasteiger partial charge < -0.3 is 15.6 Å². The Hall–Kier alpha value is -1.91. The van der Waals surface area contributed by atoms with Gasteiger partial charge in [-0.15, -0.1) is 0 Å². The zero-order valence-electron chi connectivity index (χ0n) is 11.2. The van der Waals surface area contributed by atoms with E-state index in [-0.39, 0.29) is 22.0 Å². The molecule has 0 bridgehead atoms. The van der Waals surface area contributed by atoms with Crippen LogP contribution in [0.5, 0.6) is 11.5 Å². The Morgan fingerprint density at radius 1 is 1.24 bits per heavy atom. The lowest BCUT2D eigenvalue weighted by molar-refractivity contribution is 0.0694. The second-order valence-corrected chi connectivity index (χ2v) is 5.21. The lowest BCUT2D eigenvalue weighted by Gasteiger charge is -2.13. The van der Waals surface area contributed by atoms with Crippen molar-refractivity contribution in [3.05, 3.63) is 51.5 Å². The first-order valence-electron chi connectivity index (χ1n) is 6.21. The first-order chi connectivity index (χ1) is 9.92. The second kappa shape index (κ2) is 6.24. The van der Waals surface area contributed by atoms with Crippen LogP contribution in [0.15, 0.2) is 30.3 Å². The average molecular weight is 326 g/mol. The fourth-order valence-electron chi connectivity index (χ4n) is 1.88. The molecular weight excluding hydrogens is 313 g/mol. The minimum atomic E-state index is -1.16. The number of aromatic carboxylic acids is 1. The van der Waals surface area contributed by atoms with E-state index in [1.807, 2.05) is 6.92 Å². The van der Waals surface area contributed by atoms with E-state index in [1.165, 1.54) is 12.1 Å². The minimum Gasteiger partial charge on any atom is -0.478 e. The SMILES string of the molecule is CCc1cc(Oc2c(Cl)cc(N)cc2C(=O)O)ccc1Cl. The molecule has 2 rings (SSSR count). The number of carboxylic acids is 1. The number of hydrogen-bond donors (Lipinski definition) is 2. The standard InChI is InChI=1S/C15H13Cl2NO3/c1-2-8-5-10(3-4-12(8)16)21-14-11(15(19)20)6-9(18)7-13(14)17/h3-7H,2,18H2,1H3,(H,19,20). The maximum absolute atomic E-state index is 11.3. The summed E-state index contributed by atoms with van der Waals surface area (Å²) >= 11 is 12.1. The van der Waals surface area contributed by atoms with Crippen LogP contribution in [0, 0.1) is 0 Å². The van der Waals surface area contributed by atoms with Gasteiger partial charge in [0.25, 0.3) is 0 Å². The molecule has 110 valence electrons. The van der Waals surface area contributed by atoms with E-state index in [1.54, 1.807) is 18.2 Å². The second-order valence-electron chi connectivity index (χ2n) is 4.39. The van der Waals surface area contributed by atoms with Crippen LogP contribution in [0.4, 0.5) is 5.69 Å². The molecule has 21 heavy (non-hydrogen) atoms. The monoisotopic (exact) mass is 325 g/mol. The third-order valence-electron chi connectivity index (χ3n) is 2.91. The van der Waals surface area contributed by atoms with E-state index in [4.69, 9.17) is 33.7 Å². The van der Waals surface area contributed by atoms with Gasteiger partial charge in [-0.2, -0.15) is 0 Å². The van der Waals surface area contributed by atoms with Crippen molar-refractivity contribution in [2.45, 2.75) is 13.3 Å². The third-order valence-corrected chi connectivity index (χ3v) is 3.56. The Morgan fingerprint density at radius 3 is 2.57 bits per heavy atom. The summed E-state index contributed by atoms with van der Waals surface area (Å²) < 4.78 is 5.63. The van der Waals surface area contributed by atoms with Crippen LogP contribution >= 0.6 is 23.2 Å². The first kappa shape index (κ1) is 15.5. The highest BCUT2D eigenvalue weighted by Gasteiger charge is 2.17. The number of nitrogen functional groups attached to an aromatic ring is 1. The van der Waals surface area contributed by atoms with Gasteiger partial charge in [-0.05, 0) is 42.3 Å². The Labute approximate surface area is 132 Å². The van der Waals surface area contributed by atoms with Crippen LogP contribution < -0.4 is 10.5 Å². The number of anilines is 1. The van der Waals surface area contributed by atoms with Crippen molar-refractivity contribution in [1.82, 2.24) is 0 Å². The molecule has 0 aliphatic heterocycles. The predicted molar refractivity (Wildman–Crippen MR) is 83.7 cm³/mol. The summed E-state index contributed by atoms with van der Waals surface area (Å²) in [5, 5.41) is 9.99. The molecule has 0 aromatic heterocycles. The Morgan fingerprint density at radius 2 is 1.95 bits per heavy atom. The number of carboxylic acid groups (broad SMARTS) is 1. The number of halogens is 2. The minimum absolute atomic E-state index is 0.0581. The van der Waals surface area contributed by atoms with Crippen molar-refractivity contribution in [1.29, 1.82) is 0 Å². The fraction of sp³-hybridized carbons (Fsp3) is 0.133. The van der Waals surface area contributed by atoms with Crippen LogP contribution in [0.2, 0.25) is 10.0 Å². The number of nitrogens with two attached hydrogens (primary N) is 1. The van der Waals surface area contributed by atoms with Gasteiger partial charge in [-0.25, -0.2) is 4.79 Å². The van der Waals surface area contributed by atoms with E-state index in [0.29, 0.717) is 10.8 Å². The molecule has 0 spiro atoms. The van der Waals surface area contributed by atoms with Crippen molar-refractivity contribution in [3.8, 4) is 11.5 Å². The molecule has 0 aliphatic carbocycles. The van der Waals surface area contributed by atoms with Crippen LogP contribution in [0.3, 0.4) is 0 Å². The van der Waals surface area contributed by atoms with Gasteiger partial charge in [0.05, 0.1) is 5.02 Å². The highest BCUT2D eigenvalue weighted by atomic mass is 35.5. The van der Waals surface area contributed by atoms with Crippen LogP contribution in [-0.4, -0.2) is 11.1 Å². The average Bonchev–Trinajstić information content (AvgIpc) is 2.43. The topological polar surface area (TPSA) is 72.5 Å². The maximum Gasteiger partial charge on any atom is 0.339 e. The zero-order chi connectivity index (χ0) is 15.6. The highest BCUT2D eigenvalue weighted by Crippen LogP contribution is 2.36. The number of aryl methyl sites for hydroxylation is 1. The van der Waals surface area contributed by atoms with Gasteiger partial charge in [0.1, 0.15) is 11.3 Å². The first-order valence-corrected chi connectivity index (χ1v) is 6.96. The lowest BCUT2D eigenvalue weighted by atomic mass is 10.1. The number of hydrogen-bond acceptors (Lipinski definition) is 3. The lowest BCUT2D eigenvalue weighted by Crippen LogP contribution is -2.02. The van der Waals surface area contributed by atoms with Crippen molar-refractivity contribution in [2.24, 2.45) is 0 Å². The largest absolute Gasteiger partial charge is 0.478 e. The van der Waals surface area contributed by atoms with Gasteiger partial charge in [0, 0.05) is 10.7 Å². The summed E-state index contributed by atoms with van der Waals surface area (Å²) in [5.74, 6) is -0.642. The molecule has 0 saturated carbocycles. The summed E-state index contributed by atoms with van der Waals surface area (Å²) in [6.07, 6.45) is 0.733. The number of carbonyl (C=O) groups is 1. The molecule has 3 N–H and O–H groups in total. The fourth-order valence-corrected chi connectivity index (χ4v) is 2.40. The Balaban J connectivity index is 2.46.